The first-order valence-electron chi connectivity index (χ1n) is 8.92. The third kappa shape index (κ3) is 3.64. The topological polar surface area (TPSA) is 71.5 Å². The molecule has 2 aromatic heterocycles. The molecule has 4 rings (SSSR count). The van der Waals surface area contributed by atoms with Crippen molar-refractivity contribution >= 4 is 11.6 Å². The Bertz CT molecular complexity index is 847. The Labute approximate surface area is 151 Å². The zero-order valence-electron chi connectivity index (χ0n) is 14.5. The highest BCUT2D eigenvalue weighted by molar-refractivity contribution is 5.92. The fourth-order valence-electron chi connectivity index (χ4n) is 3.17. The molecule has 0 bridgehead atoms. The van der Waals surface area contributed by atoms with Crippen LogP contribution in [0.1, 0.15) is 35.3 Å². The van der Waals surface area contributed by atoms with E-state index in [-0.39, 0.29) is 11.6 Å². The summed E-state index contributed by atoms with van der Waals surface area (Å²) in [6.45, 7) is 2.70. The second kappa shape index (κ2) is 7.47. The molecular weight excluding hydrogens is 330 g/mol. The van der Waals surface area contributed by atoms with Crippen LogP contribution < -0.4 is 10.2 Å². The number of nitrogens with one attached hydrogen (secondary N) is 1. The average molecular weight is 351 g/mol. The summed E-state index contributed by atoms with van der Waals surface area (Å²) < 4.78 is 10.4. The van der Waals surface area contributed by atoms with Crippen molar-refractivity contribution in [2.24, 2.45) is 0 Å². The molecule has 26 heavy (non-hydrogen) atoms. The van der Waals surface area contributed by atoms with Gasteiger partial charge in [0.15, 0.2) is 11.5 Å². The number of benzene rings is 1. The second-order valence-electron chi connectivity index (χ2n) is 6.45. The number of furan rings is 1. The molecule has 1 amide bonds. The maximum Gasteiger partial charge on any atom is 0.273 e. The van der Waals surface area contributed by atoms with Gasteiger partial charge < -0.3 is 19.2 Å². The Morgan fingerprint density at radius 3 is 2.62 bits per heavy atom. The zero-order chi connectivity index (χ0) is 17.8. The van der Waals surface area contributed by atoms with Gasteiger partial charge in [0.05, 0.1) is 6.26 Å². The normalized spacial score (nSPS) is 14.4. The van der Waals surface area contributed by atoms with Crippen LogP contribution in [0.5, 0.6) is 0 Å². The number of hydrogen-bond acceptors (Lipinski definition) is 5. The summed E-state index contributed by atoms with van der Waals surface area (Å²) in [6, 6.07) is 13.4. The minimum Gasteiger partial charge on any atom is -0.461 e. The van der Waals surface area contributed by atoms with Gasteiger partial charge in [0.2, 0.25) is 5.76 Å². The summed E-state index contributed by atoms with van der Waals surface area (Å²) >= 11 is 0. The number of rotatable bonds is 5. The van der Waals surface area contributed by atoms with Crippen LogP contribution in [0.25, 0.3) is 11.5 Å². The quantitative estimate of drug-likeness (QED) is 0.756. The first-order chi connectivity index (χ1) is 12.8. The van der Waals surface area contributed by atoms with Crippen LogP contribution in [0.15, 0.2) is 57.7 Å². The van der Waals surface area contributed by atoms with Crippen LogP contribution in [0.2, 0.25) is 0 Å². The van der Waals surface area contributed by atoms with Crippen LogP contribution >= 0.6 is 0 Å². The third-order valence-electron chi connectivity index (χ3n) is 4.62. The van der Waals surface area contributed by atoms with E-state index in [0.717, 1.165) is 18.7 Å². The standard InChI is InChI=1S/C20H21N3O3/c24-20(17-13-19(26-22-17)18-5-4-12-25-18)21-14-15-6-8-16(9-7-15)23-10-2-1-3-11-23/h4-9,12-13H,1-3,10-11,14H2,(H,21,24). The SMILES string of the molecule is O=C(NCc1ccc(N2CCCCC2)cc1)c1cc(-c2ccco2)on1. The first-order valence-corrected chi connectivity index (χ1v) is 8.92. The molecule has 0 saturated carbocycles. The molecule has 0 radical (unpaired) electrons. The highest BCUT2D eigenvalue weighted by Gasteiger charge is 2.15. The Kier molecular flexibility index (Phi) is 4.73. The molecule has 1 aliphatic rings. The molecule has 0 unspecified atom stereocenters. The number of carbonyl (C=O) groups is 1. The van der Waals surface area contributed by atoms with Gasteiger partial charge in [0.25, 0.3) is 5.91 Å². The Balaban J connectivity index is 1.34. The van der Waals surface area contributed by atoms with Crippen LogP contribution in [0.4, 0.5) is 5.69 Å². The lowest BCUT2D eigenvalue weighted by atomic mass is 10.1. The molecule has 0 atom stereocenters. The van der Waals surface area contributed by atoms with Crippen molar-refractivity contribution < 1.29 is 13.7 Å². The van der Waals surface area contributed by atoms with Crippen molar-refractivity contribution in [3.8, 4) is 11.5 Å². The lowest BCUT2D eigenvalue weighted by Crippen LogP contribution is -2.29. The van der Waals surface area contributed by atoms with Crippen LogP contribution in [0.3, 0.4) is 0 Å². The van der Waals surface area contributed by atoms with Gasteiger partial charge in [-0.2, -0.15) is 0 Å². The van der Waals surface area contributed by atoms with Gasteiger partial charge in [-0.25, -0.2) is 0 Å². The van der Waals surface area contributed by atoms with Crippen molar-refractivity contribution in [1.82, 2.24) is 10.5 Å². The van der Waals surface area contributed by atoms with Gasteiger partial charge in [0.1, 0.15) is 0 Å². The molecule has 134 valence electrons. The number of anilines is 1. The third-order valence-corrected chi connectivity index (χ3v) is 4.62. The number of aromatic nitrogens is 1. The molecule has 1 saturated heterocycles. The van der Waals surface area contributed by atoms with E-state index in [1.54, 1.807) is 24.5 Å². The first kappa shape index (κ1) is 16.4. The summed E-state index contributed by atoms with van der Waals surface area (Å²) in [6.07, 6.45) is 5.39. The fourth-order valence-corrected chi connectivity index (χ4v) is 3.17. The predicted molar refractivity (Wildman–Crippen MR) is 97.9 cm³/mol. The van der Waals surface area contributed by atoms with Gasteiger partial charge in [-0.3, -0.25) is 4.79 Å². The molecule has 6 nitrogen and oxygen atoms in total. The van der Waals surface area contributed by atoms with E-state index >= 15 is 0 Å². The van der Waals surface area contributed by atoms with E-state index in [4.69, 9.17) is 8.94 Å². The monoisotopic (exact) mass is 351 g/mol. The average Bonchev–Trinajstić information content (AvgIpc) is 3.39. The van der Waals surface area contributed by atoms with Crippen molar-refractivity contribution in [1.29, 1.82) is 0 Å². The number of carbonyl (C=O) groups excluding carboxylic acids is 1. The number of hydrogen-bond donors (Lipinski definition) is 1. The summed E-state index contributed by atoms with van der Waals surface area (Å²) in [5.74, 6) is 0.711. The molecule has 3 heterocycles. The van der Waals surface area contributed by atoms with Gasteiger partial charge in [-0.1, -0.05) is 17.3 Å². The second-order valence-corrected chi connectivity index (χ2v) is 6.45. The highest BCUT2D eigenvalue weighted by atomic mass is 16.5. The molecular formula is C20H21N3O3. The van der Waals surface area contributed by atoms with E-state index < -0.39 is 0 Å². The molecule has 1 aliphatic heterocycles. The smallest absolute Gasteiger partial charge is 0.273 e. The fraction of sp³-hybridized carbons (Fsp3) is 0.300. The highest BCUT2D eigenvalue weighted by Crippen LogP contribution is 2.21. The maximum atomic E-state index is 12.2. The van der Waals surface area contributed by atoms with Gasteiger partial charge in [0, 0.05) is 31.4 Å². The summed E-state index contributed by atoms with van der Waals surface area (Å²) in [7, 11) is 0. The lowest BCUT2D eigenvalue weighted by molar-refractivity contribution is 0.0942. The van der Waals surface area contributed by atoms with Crippen LogP contribution in [-0.2, 0) is 6.54 Å². The number of amides is 1. The van der Waals surface area contributed by atoms with Gasteiger partial charge in [-0.05, 0) is 49.1 Å². The molecule has 0 spiro atoms. The number of piperidine rings is 1. The summed E-state index contributed by atoms with van der Waals surface area (Å²) in [5.41, 5.74) is 2.54. The minimum atomic E-state index is -0.272. The van der Waals surface area contributed by atoms with Gasteiger partial charge in [-0.15, -0.1) is 0 Å². The molecule has 6 heteroatoms. The maximum absolute atomic E-state index is 12.2. The molecule has 0 aliphatic carbocycles. The Morgan fingerprint density at radius 2 is 1.88 bits per heavy atom. The largest absolute Gasteiger partial charge is 0.461 e. The van der Waals surface area contributed by atoms with Crippen LogP contribution in [-0.4, -0.2) is 24.2 Å². The minimum absolute atomic E-state index is 0.237. The molecule has 1 aromatic carbocycles. The van der Waals surface area contributed by atoms with E-state index in [9.17, 15) is 4.79 Å². The summed E-state index contributed by atoms with van der Waals surface area (Å²) in [5, 5.41) is 6.67. The predicted octanol–water partition coefficient (Wildman–Crippen LogP) is 3.85. The molecule has 1 fully saturated rings. The lowest BCUT2D eigenvalue weighted by Gasteiger charge is -2.28. The van der Waals surface area contributed by atoms with Crippen molar-refractivity contribution in [2.45, 2.75) is 25.8 Å². The Morgan fingerprint density at radius 1 is 1.08 bits per heavy atom. The van der Waals surface area contributed by atoms with E-state index in [2.05, 4.69) is 39.6 Å². The van der Waals surface area contributed by atoms with E-state index in [1.165, 1.54) is 24.9 Å². The molecule has 3 aromatic rings. The van der Waals surface area contributed by atoms with Gasteiger partial charge >= 0.3 is 0 Å². The number of nitrogens with zero attached hydrogens (tertiary/aromatic N) is 2. The van der Waals surface area contributed by atoms with Crippen molar-refractivity contribution in [3.63, 3.8) is 0 Å². The van der Waals surface area contributed by atoms with Crippen molar-refractivity contribution in [3.05, 3.63) is 60.0 Å². The summed E-state index contributed by atoms with van der Waals surface area (Å²) in [4.78, 5) is 14.7. The van der Waals surface area contributed by atoms with Crippen molar-refractivity contribution in [2.75, 3.05) is 18.0 Å². The van der Waals surface area contributed by atoms with Crippen LogP contribution in [0, 0.1) is 0 Å². The van der Waals surface area contributed by atoms with E-state index in [1.807, 2.05) is 0 Å². The van der Waals surface area contributed by atoms with E-state index in [0.29, 0.717) is 18.1 Å². The molecule has 1 N–H and O–H groups in total. The Hall–Kier alpha value is -3.02. The zero-order valence-corrected chi connectivity index (χ0v) is 14.5.